The molecule has 2 amide bonds. The third-order valence-corrected chi connectivity index (χ3v) is 5.92. The van der Waals surface area contributed by atoms with Crippen molar-refractivity contribution < 1.29 is 18.0 Å². The van der Waals surface area contributed by atoms with E-state index in [1.54, 1.807) is 0 Å². The molecular weight excluding hydrogens is 372 g/mol. The Morgan fingerprint density at radius 2 is 1.70 bits per heavy atom. The van der Waals surface area contributed by atoms with Crippen LogP contribution in [0.2, 0.25) is 0 Å². The van der Waals surface area contributed by atoms with Crippen molar-refractivity contribution in [1.29, 1.82) is 0 Å². The smallest absolute Gasteiger partial charge is 0.292 e. The van der Waals surface area contributed by atoms with Gasteiger partial charge in [0, 0.05) is 31.0 Å². The first kappa shape index (κ1) is 18.7. The Kier molecular flexibility index (Phi) is 5.33. The number of carbonyl (C=O) groups excluding carboxylic acids is 2. The number of anilines is 1. The molecule has 1 fully saturated rings. The van der Waals surface area contributed by atoms with Crippen LogP contribution in [0.15, 0.2) is 41.6 Å². The van der Waals surface area contributed by atoms with Crippen LogP contribution in [0.4, 0.5) is 5.82 Å². The topological polar surface area (TPSA) is 147 Å². The van der Waals surface area contributed by atoms with Gasteiger partial charge in [0.25, 0.3) is 11.8 Å². The maximum absolute atomic E-state index is 12.6. The van der Waals surface area contributed by atoms with Crippen LogP contribution in [0, 0.1) is 0 Å². The lowest BCUT2D eigenvalue weighted by molar-refractivity contribution is 0.0844. The van der Waals surface area contributed by atoms with Crippen LogP contribution in [0.1, 0.15) is 33.7 Å². The number of benzene rings is 1. The third-order valence-electron chi connectivity index (χ3n) is 4.03. The van der Waals surface area contributed by atoms with Gasteiger partial charge in [0.2, 0.25) is 10.0 Å². The molecule has 0 atom stereocenters. The molecule has 2 aromatic rings. The molecule has 1 aromatic carbocycles. The molecule has 1 aromatic heterocycles. The summed E-state index contributed by atoms with van der Waals surface area (Å²) in [6, 6.07) is 5.62. The van der Waals surface area contributed by atoms with E-state index in [2.05, 4.69) is 20.8 Å². The Balaban J connectivity index is 1.70. The predicted molar refractivity (Wildman–Crippen MR) is 95.8 cm³/mol. The van der Waals surface area contributed by atoms with Gasteiger partial charge in [0.05, 0.1) is 4.90 Å². The molecule has 0 aliphatic carbocycles. The van der Waals surface area contributed by atoms with Gasteiger partial charge in [0.15, 0.2) is 11.5 Å². The molecule has 10 nitrogen and oxygen atoms in total. The first-order valence-corrected chi connectivity index (χ1v) is 9.61. The predicted octanol–water partition coefficient (Wildman–Crippen LogP) is -0.0819. The fraction of sp³-hybridized carbons (Fsp3) is 0.250. The maximum atomic E-state index is 12.6. The van der Waals surface area contributed by atoms with Crippen LogP contribution in [0.25, 0.3) is 0 Å². The number of rotatable bonds is 4. The molecule has 1 saturated heterocycles. The van der Waals surface area contributed by atoms with Crippen molar-refractivity contribution >= 4 is 27.7 Å². The second kappa shape index (κ2) is 7.68. The molecule has 0 saturated carbocycles. The molecule has 0 radical (unpaired) electrons. The van der Waals surface area contributed by atoms with Crippen LogP contribution < -0.4 is 16.6 Å². The Hall–Kier alpha value is -3.05. The van der Waals surface area contributed by atoms with Crippen LogP contribution in [0.5, 0.6) is 0 Å². The van der Waals surface area contributed by atoms with E-state index in [4.69, 9.17) is 5.73 Å². The summed E-state index contributed by atoms with van der Waals surface area (Å²) >= 11 is 0. The highest BCUT2D eigenvalue weighted by Gasteiger charge is 2.27. The first-order chi connectivity index (χ1) is 12.9. The Morgan fingerprint density at radius 1 is 1.04 bits per heavy atom. The highest BCUT2D eigenvalue weighted by Crippen LogP contribution is 2.21. The molecule has 1 aliphatic rings. The molecule has 1 aliphatic heterocycles. The normalized spacial score (nSPS) is 14.7. The minimum atomic E-state index is -3.64. The number of aromatic nitrogens is 2. The van der Waals surface area contributed by atoms with Gasteiger partial charge >= 0.3 is 0 Å². The Labute approximate surface area is 155 Å². The van der Waals surface area contributed by atoms with E-state index < -0.39 is 21.8 Å². The Bertz CT molecular complexity index is 972. The second-order valence-corrected chi connectivity index (χ2v) is 7.78. The van der Waals surface area contributed by atoms with E-state index in [-0.39, 0.29) is 22.0 Å². The van der Waals surface area contributed by atoms with Crippen molar-refractivity contribution in [3.8, 4) is 0 Å². The number of hydrogen-bond donors (Lipinski definition) is 3. The van der Waals surface area contributed by atoms with Gasteiger partial charge in [-0.25, -0.2) is 18.4 Å². The van der Waals surface area contributed by atoms with Crippen molar-refractivity contribution in [3.63, 3.8) is 0 Å². The minimum absolute atomic E-state index is 0.0292. The number of nitrogen functional groups attached to an aromatic ring is 1. The Morgan fingerprint density at radius 3 is 2.41 bits per heavy atom. The summed E-state index contributed by atoms with van der Waals surface area (Å²) in [5, 5.41) is 0. The summed E-state index contributed by atoms with van der Waals surface area (Å²) in [5.74, 6) is -1.50. The largest absolute Gasteiger partial charge is 0.382 e. The zero-order valence-electron chi connectivity index (χ0n) is 14.3. The average Bonchev–Trinajstić information content (AvgIpc) is 3.22. The quantitative estimate of drug-likeness (QED) is 0.618. The lowest BCUT2D eigenvalue weighted by Gasteiger charge is -2.16. The van der Waals surface area contributed by atoms with E-state index in [0.29, 0.717) is 13.1 Å². The SMILES string of the molecule is Nc1nccnc1C(=O)NNC(=O)c1cccc(S(=O)(=O)N2CCCC2)c1. The molecule has 2 heterocycles. The van der Waals surface area contributed by atoms with E-state index >= 15 is 0 Å². The summed E-state index contributed by atoms with van der Waals surface area (Å²) in [4.78, 5) is 31.8. The van der Waals surface area contributed by atoms with E-state index in [1.165, 1.54) is 41.0 Å². The lowest BCUT2D eigenvalue weighted by Crippen LogP contribution is -2.42. The van der Waals surface area contributed by atoms with Crippen LogP contribution in [0.3, 0.4) is 0 Å². The van der Waals surface area contributed by atoms with Gasteiger partial charge in [-0.1, -0.05) is 6.07 Å². The van der Waals surface area contributed by atoms with Crippen LogP contribution in [-0.2, 0) is 10.0 Å². The van der Waals surface area contributed by atoms with Crippen molar-refractivity contribution in [2.24, 2.45) is 0 Å². The molecule has 0 spiro atoms. The van der Waals surface area contributed by atoms with Crippen LogP contribution in [-0.4, -0.2) is 47.6 Å². The molecule has 27 heavy (non-hydrogen) atoms. The first-order valence-electron chi connectivity index (χ1n) is 8.17. The van der Waals surface area contributed by atoms with Gasteiger partial charge in [-0.15, -0.1) is 0 Å². The summed E-state index contributed by atoms with van der Waals surface area (Å²) in [7, 11) is -3.64. The number of amides is 2. The average molecular weight is 390 g/mol. The number of nitrogens with two attached hydrogens (primary N) is 1. The van der Waals surface area contributed by atoms with Crippen molar-refractivity contribution in [2.75, 3.05) is 18.8 Å². The van der Waals surface area contributed by atoms with Gasteiger partial charge in [-0.3, -0.25) is 20.4 Å². The monoisotopic (exact) mass is 390 g/mol. The van der Waals surface area contributed by atoms with Crippen LogP contribution >= 0.6 is 0 Å². The van der Waals surface area contributed by atoms with Crippen molar-refractivity contribution in [3.05, 3.63) is 47.9 Å². The molecular formula is C16H18N6O4S. The molecule has 0 unspecified atom stereocenters. The zero-order chi connectivity index (χ0) is 19.4. The molecule has 0 bridgehead atoms. The van der Waals surface area contributed by atoms with E-state index in [0.717, 1.165) is 12.8 Å². The summed E-state index contributed by atoms with van der Waals surface area (Å²) in [5.41, 5.74) is 9.87. The van der Waals surface area contributed by atoms with E-state index in [1.807, 2.05) is 0 Å². The maximum Gasteiger partial charge on any atom is 0.292 e. The number of nitrogens with zero attached hydrogens (tertiary/aromatic N) is 3. The minimum Gasteiger partial charge on any atom is -0.382 e. The third kappa shape index (κ3) is 4.04. The number of sulfonamides is 1. The number of hydrogen-bond acceptors (Lipinski definition) is 7. The van der Waals surface area contributed by atoms with Crippen molar-refractivity contribution in [2.45, 2.75) is 17.7 Å². The lowest BCUT2D eigenvalue weighted by atomic mass is 10.2. The van der Waals surface area contributed by atoms with Gasteiger partial charge in [0.1, 0.15) is 0 Å². The van der Waals surface area contributed by atoms with E-state index in [9.17, 15) is 18.0 Å². The molecule has 3 rings (SSSR count). The number of hydrazine groups is 1. The molecule has 142 valence electrons. The summed E-state index contributed by atoms with van der Waals surface area (Å²) in [6.45, 7) is 0.933. The fourth-order valence-electron chi connectivity index (χ4n) is 2.64. The zero-order valence-corrected chi connectivity index (χ0v) is 15.1. The number of nitrogens with one attached hydrogen (secondary N) is 2. The highest BCUT2D eigenvalue weighted by atomic mass is 32.2. The van der Waals surface area contributed by atoms with Gasteiger partial charge in [-0.05, 0) is 31.0 Å². The molecule has 11 heteroatoms. The van der Waals surface area contributed by atoms with Gasteiger partial charge in [-0.2, -0.15) is 4.31 Å². The summed E-state index contributed by atoms with van der Waals surface area (Å²) in [6.07, 6.45) is 4.25. The fourth-order valence-corrected chi connectivity index (χ4v) is 4.21. The number of carbonyl (C=O) groups is 2. The highest BCUT2D eigenvalue weighted by molar-refractivity contribution is 7.89. The standard InChI is InChI=1S/C16H18N6O4S/c17-14-13(18-6-7-19-14)16(24)21-20-15(23)11-4-3-5-12(10-11)27(25,26)22-8-1-2-9-22/h3-7,10H,1-2,8-9H2,(H2,17,19)(H,20,23)(H,21,24). The van der Waals surface area contributed by atoms with Gasteiger partial charge < -0.3 is 5.73 Å². The molecule has 4 N–H and O–H groups in total. The van der Waals surface area contributed by atoms with Crippen molar-refractivity contribution in [1.82, 2.24) is 25.1 Å². The second-order valence-electron chi connectivity index (χ2n) is 5.84. The summed E-state index contributed by atoms with van der Waals surface area (Å²) < 4.78 is 26.6.